The molecule has 98 valence electrons. The fourth-order valence-electron chi connectivity index (χ4n) is 1.32. The van der Waals surface area contributed by atoms with Gasteiger partial charge < -0.3 is 0 Å². The molecule has 0 radical (unpaired) electrons. The van der Waals surface area contributed by atoms with Crippen LogP contribution in [-0.4, -0.2) is 15.7 Å². The lowest BCUT2D eigenvalue weighted by Gasteiger charge is -2.06. The van der Waals surface area contributed by atoms with Crippen molar-refractivity contribution in [1.82, 2.24) is 9.97 Å². The van der Waals surface area contributed by atoms with Crippen LogP contribution in [0.3, 0.4) is 0 Å². The van der Waals surface area contributed by atoms with Crippen LogP contribution >= 0.6 is 34.8 Å². The summed E-state index contributed by atoms with van der Waals surface area (Å²) >= 11 is 17.6. The van der Waals surface area contributed by atoms with Gasteiger partial charge in [-0.25, -0.2) is 4.98 Å². The molecule has 0 aliphatic carbocycles. The Hall–Kier alpha value is -1.36. The highest BCUT2D eigenvalue weighted by molar-refractivity contribution is 6.42. The first-order chi connectivity index (χ1) is 9.08. The van der Waals surface area contributed by atoms with Crippen LogP contribution in [-0.2, 0) is 0 Å². The second-order valence-electron chi connectivity index (χ2n) is 3.64. The van der Waals surface area contributed by atoms with Crippen LogP contribution in [0, 0.1) is 0 Å². The molecule has 2 rings (SSSR count). The van der Waals surface area contributed by atoms with E-state index in [2.05, 4.69) is 20.5 Å². The van der Waals surface area contributed by atoms with Gasteiger partial charge in [0.15, 0.2) is 5.82 Å². The molecule has 4 nitrogen and oxygen atoms in total. The normalized spacial score (nSPS) is 11.5. The second kappa shape index (κ2) is 6.19. The van der Waals surface area contributed by atoms with Crippen LogP contribution in [0.1, 0.15) is 12.5 Å². The number of hydrogen-bond donors (Lipinski definition) is 1. The third-order valence-corrected chi connectivity index (χ3v) is 3.28. The molecular formula is C12H9Cl3N4. The van der Waals surface area contributed by atoms with Crippen molar-refractivity contribution in [3.05, 3.63) is 51.4 Å². The number of nitrogens with one attached hydrogen (secondary N) is 1. The van der Waals surface area contributed by atoms with Gasteiger partial charge in [0.1, 0.15) is 5.15 Å². The summed E-state index contributed by atoms with van der Waals surface area (Å²) in [6, 6.07) is 5.22. The van der Waals surface area contributed by atoms with Gasteiger partial charge in [0.25, 0.3) is 0 Å². The van der Waals surface area contributed by atoms with Crippen molar-refractivity contribution in [2.75, 3.05) is 5.43 Å². The maximum Gasteiger partial charge on any atom is 0.166 e. The molecule has 0 saturated heterocycles. The summed E-state index contributed by atoms with van der Waals surface area (Å²) in [6.45, 7) is 1.85. The highest BCUT2D eigenvalue weighted by atomic mass is 35.5. The summed E-state index contributed by atoms with van der Waals surface area (Å²) in [6.07, 6.45) is 3.39. The van der Waals surface area contributed by atoms with Crippen molar-refractivity contribution >= 4 is 46.3 Å². The van der Waals surface area contributed by atoms with Crippen LogP contribution < -0.4 is 5.43 Å². The largest absolute Gasteiger partial charge is 0.265 e. The lowest BCUT2D eigenvalue weighted by Crippen LogP contribution is -2.01. The number of anilines is 1. The third kappa shape index (κ3) is 3.56. The predicted molar refractivity (Wildman–Crippen MR) is 79.3 cm³/mol. The molecule has 0 fully saturated rings. The summed E-state index contributed by atoms with van der Waals surface area (Å²) < 4.78 is 0. The van der Waals surface area contributed by atoms with Crippen LogP contribution in [0.2, 0.25) is 15.2 Å². The molecule has 2 aromatic rings. The van der Waals surface area contributed by atoms with E-state index in [1.807, 2.05) is 19.1 Å². The van der Waals surface area contributed by atoms with E-state index in [0.29, 0.717) is 15.9 Å². The Kier molecular flexibility index (Phi) is 4.58. The molecule has 1 N–H and O–H groups in total. The van der Waals surface area contributed by atoms with Gasteiger partial charge in [-0.1, -0.05) is 34.8 Å². The Morgan fingerprint density at radius 1 is 1.16 bits per heavy atom. The zero-order chi connectivity index (χ0) is 13.8. The van der Waals surface area contributed by atoms with Gasteiger partial charge >= 0.3 is 0 Å². The zero-order valence-electron chi connectivity index (χ0n) is 9.86. The topological polar surface area (TPSA) is 50.2 Å². The van der Waals surface area contributed by atoms with Crippen molar-refractivity contribution in [2.45, 2.75) is 6.92 Å². The number of aromatic nitrogens is 2. The lowest BCUT2D eigenvalue weighted by atomic mass is 10.2. The Bertz CT molecular complexity index is 614. The molecular weight excluding hydrogens is 307 g/mol. The van der Waals surface area contributed by atoms with E-state index in [-0.39, 0.29) is 5.15 Å². The van der Waals surface area contributed by atoms with Gasteiger partial charge in [-0.15, -0.1) is 0 Å². The Morgan fingerprint density at radius 3 is 2.53 bits per heavy atom. The van der Waals surface area contributed by atoms with Gasteiger partial charge in [0.2, 0.25) is 0 Å². The summed E-state index contributed by atoms with van der Waals surface area (Å²) in [7, 11) is 0. The van der Waals surface area contributed by atoms with E-state index >= 15 is 0 Å². The molecule has 7 heteroatoms. The molecule has 0 saturated carbocycles. The number of pyridine rings is 2. The number of hydrazone groups is 1. The molecule has 0 bridgehead atoms. The van der Waals surface area contributed by atoms with E-state index in [0.717, 1.165) is 11.3 Å². The first-order valence-electron chi connectivity index (χ1n) is 5.30. The van der Waals surface area contributed by atoms with E-state index in [9.17, 15) is 0 Å². The van der Waals surface area contributed by atoms with Crippen molar-refractivity contribution in [3.63, 3.8) is 0 Å². The summed E-state index contributed by atoms with van der Waals surface area (Å²) in [5.74, 6) is 0.351. The fourth-order valence-corrected chi connectivity index (χ4v) is 1.86. The number of halogens is 3. The second-order valence-corrected chi connectivity index (χ2v) is 4.81. The SMILES string of the molecule is CC(=NNc1nc(Cl)c(Cl)cc1Cl)c1ccncc1. The van der Waals surface area contributed by atoms with Gasteiger partial charge in [-0.05, 0) is 25.1 Å². The Labute approximate surface area is 125 Å². The average molecular weight is 316 g/mol. The van der Waals surface area contributed by atoms with E-state index in [4.69, 9.17) is 34.8 Å². The van der Waals surface area contributed by atoms with Gasteiger partial charge in [-0.3, -0.25) is 10.4 Å². The number of hydrogen-bond acceptors (Lipinski definition) is 4. The predicted octanol–water partition coefficient (Wildman–Crippen LogP) is 4.27. The highest BCUT2D eigenvalue weighted by Crippen LogP contribution is 2.28. The highest BCUT2D eigenvalue weighted by Gasteiger charge is 2.07. The molecule has 0 aromatic carbocycles. The van der Waals surface area contributed by atoms with E-state index in [1.165, 1.54) is 6.07 Å². The minimum atomic E-state index is 0.172. The molecule has 2 aromatic heterocycles. The smallest absolute Gasteiger partial charge is 0.166 e. The molecule has 0 aliphatic rings. The van der Waals surface area contributed by atoms with Crippen LogP contribution in [0.25, 0.3) is 0 Å². The summed E-state index contributed by atoms with van der Waals surface area (Å²) in [5, 5.41) is 5.00. The molecule has 0 amide bonds. The molecule has 0 aliphatic heterocycles. The average Bonchev–Trinajstić information content (AvgIpc) is 2.42. The standard InChI is InChI=1S/C12H9Cl3N4/c1-7(8-2-4-16-5-3-8)18-19-12-10(14)6-9(13)11(15)17-12/h2-6H,1H3,(H,17,19). The van der Waals surface area contributed by atoms with E-state index < -0.39 is 0 Å². The number of nitrogens with zero attached hydrogens (tertiary/aromatic N) is 3. The van der Waals surface area contributed by atoms with Crippen molar-refractivity contribution in [2.24, 2.45) is 5.10 Å². The van der Waals surface area contributed by atoms with Gasteiger partial charge in [0.05, 0.1) is 15.8 Å². The minimum absolute atomic E-state index is 0.172. The monoisotopic (exact) mass is 314 g/mol. The molecule has 2 heterocycles. The van der Waals surface area contributed by atoms with Gasteiger partial charge in [0, 0.05) is 18.0 Å². The van der Waals surface area contributed by atoms with Crippen molar-refractivity contribution < 1.29 is 0 Å². The van der Waals surface area contributed by atoms with E-state index in [1.54, 1.807) is 12.4 Å². The summed E-state index contributed by atoms with van der Waals surface area (Å²) in [5.41, 5.74) is 4.47. The maximum atomic E-state index is 5.98. The molecule has 0 spiro atoms. The molecule has 0 atom stereocenters. The summed E-state index contributed by atoms with van der Waals surface area (Å²) in [4.78, 5) is 7.95. The third-order valence-electron chi connectivity index (χ3n) is 2.31. The maximum absolute atomic E-state index is 5.98. The Morgan fingerprint density at radius 2 is 1.84 bits per heavy atom. The zero-order valence-corrected chi connectivity index (χ0v) is 12.1. The minimum Gasteiger partial charge on any atom is -0.265 e. The van der Waals surface area contributed by atoms with Crippen LogP contribution in [0.4, 0.5) is 5.82 Å². The quantitative estimate of drug-likeness (QED) is 0.522. The first-order valence-corrected chi connectivity index (χ1v) is 6.43. The van der Waals surface area contributed by atoms with Crippen molar-refractivity contribution in [3.8, 4) is 0 Å². The fraction of sp³-hybridized carbons (Fsp3) is 0.0833. The van der Waals surface area contributed by atoms with Crippen molar-refractivity contribution in [1.29, 1.82) is 0 Å². The lowest BCUT2D eigenvalue weighted by molar-refractivity contribution is 1.22. The van der Waals surface area contributed by atoms with Crippen LogP contribution in [0.15, 0.2) is 35.7 Å². The molecule has 0 unspecified atom stereocenters. The number of rotatable bonds is 3. The van der Waals surface area contributed by atoms with Crippen LogP contribution in [0.5, 0.6) is 0 Å². The molecule has 19 heavy (non-hydrogen) atoms. The van der Waals surface area contributed by atoms with Gasteiger partial charge in [-0.2, -0.15) is 5.10 Å². The first kappa shape index (κ1) is 14.1. The Balaban J connectivity index is 2.21.